The fraction of sp³-hybridized carbons (Fsp3) is 0.214. The highest BCUT2D eigenvalue weighted by molar-refractivity contribution is 9.10. The lowest BCUT2D eigenvalue weighted by Gasteiger charge is -2.10. The fourth-order valence-electron chi connectivity index (χ4n) is 2.09. The Balaban J connectivity index is 1.83. The van der Waals surface area contributed by atoms with Gasteiger partial charge in [-0.25, -0.2) is 4.98 Å². The number of halogens is 2. The maximum absolute atomic E-state index is 13.4. The average molecular weight is 324 g/mol. The Bertz CT molecular complexity index is 618. The first-order valence-electron chi connectivity index (χ1n) is 5.91. The van der Waals surface area contributed by atoms with Crippen LogP contribution in [0.2, 0.25) is 0 Å². The fourth-order valence-corrected chi connectivity index (χ4v) is 2.64. The maximum Gasteiger partial charge on any atom is 0.255 e. The standard InChI is InChI=1S/C14H11BrFNO2/c15-11-6-9-3-5-18-13(9)10(7-11)8-19-12-2-1-4-17-14(12)16/h1-2,4,6-7H,3,5,8H2. The molecule has 0 unspecified atom stereocenters. The van der Waals surface area contributed by atoms with Gasteiger partial charge in [-0.05, 0) is 29.8 Å². The molecule has 0 aliphatic carbocycles. The monoisotopic (exact) mass is 323 g/mol. The molecule has 2 aromatic rings. The number of rotatable bonds is 3. The number of fused-ring (bicyclic) bond motifs is 1. The summed E-state index contributed by atoms with van der Waals surface area (Å²) in [6.07, 6.45) is 2.28. The molecule has 2 heterocycles. The van der Waals surface area contributed by atoms with Crippen molar-refractivity contribution in [2.75, 3.05) is 6.61 Å². The minimum Gasteiger partial charge on any atom is -0.493 e. The minimum absolute atomic E-state index is 0.147. The van der Waals surface area contributed by atoms with Gasteiger partial charge >= 0.3 is 0 Å². The van der Waals surface area contributed by atoms with Gasteiger partial charge in [0, 0.05) is 22.7 Å². The van der Waals surface area contributed by atoms with E-state index in [2.05, 4.69) is 20.9 Å². The molecule has 0 saturated carbocycles. The highest BCUT2D eigenvalue weighted by atomic mass is 79.9. The van der Waals surface area contributed by atoms with Crippen LogP contribution in [0.4, 0.5) is 4.39 Å². The highest BCUT2D eigenvalue weighted by Crippen LogP contribution is 2.33. The van der Waals surface area contributed by atoms with Crippen LogP contribution in [-0.2, 0) is 13.0 Å². The number of ether oxygens (including phenoxy) is 2. The summed E-state index contributed by atoms with van der Waals surface area (Å²) in [5.74, 6) is 0.400. The third kappa shape index (κ3) is 2.56. The summed E-state index contributed by atoms with van der Waals surface area (Å²) >= 11 is 3.46. The molecule has 0 fully saturated rings. The molecule has 0 atom stereocenters. The van der Waals surface area contributed by atoms with Crippen molar-refractivity contribution in [3.05, 3.63) is 52.0 Å². The van der Waals surface area contributed by atoms with E-state index >= 15 is 0 Å². The van der Waals surface area contributed by atoms with Gasteiger partial charge in [0.15, 0.2) is 5.75 Å². The van der Waals surface area contributed by atoms with Gasteiger partial charge in [0.25, 0.3) is 5.95 Å². The Morgan fingerprint density at radius 1 is 1.42 bits per heavy atom. The third-order valence-corrected chi connectivity index (χ3v) is 3.39. The van der Waals surface area contributed by atoms with Gasteiger partial charge in [-0.2, -0.15) is 4.39 Å². The van der Waals surface area contributed by atoms with E-state index in [0.717, 1.165) is 27.8 Å². The first kappa shape index (κ1) is 12.4. The number of pyridine rings is 1. The molecule has 0 saturated heterocycles. The molecule has 0 bridgehead atoms. The lowest BCUT2D eigenvalue weighted by molar-refractivity contribution is 0.276. The Hall–Kier alpha value is -1.62. The molecule has 0 amide bonds. The Morgan fingerprint density at radius 2 is 2.32 bits per heavy atom. The van der Waals surface area contributed by atoms with Crippen LogP contribution in [0.1, 0.15) is 11.1 Å². The van der Waals surface area contributed by atoms with Crippen LogP contribution in [0.25, 0.3) is 0 Å². The predicted octanol–water partition coefficient (Wildman–Crippen LogP) is 3.50. The van der Waals surface area contributed by atoms with Gasteiger partial charge in [-0.1, -0.05) is 15.9 Å². The number of hydrogen-bond acceptors (Lipinski definition) is 3. The maximum atomic E-state index is 13.4. The summed E-state index contributed by atoms with van der Waals surface area (Å²) in [6.45, 7) is 0.935. The van der Waals surface area contributed by atoms with E-state index < -0.39 is 5.95 Å². The van der Waals surface area contributed by atoms with Crippen LogP contribution < -0.4 is 9.47 Å². The predicted molar refractivity (Wildman–Crippen MR) is 71.9 cm³/mol. The molecule has 1 aliphatic heterocycles. The topological polar surface area (TPSA) is 31.4 Å². The molecule has 3 nitrogen and oxygen atoms in total. The van der Waals surface area contributed by atoms with Crippen molar-refractivity contribution in [3.63, 3.8) is 0 Å². The molecular formula is C14H11BrFNO2. The van der Waals surface area contributed by atoms with Crippen molar-refractivity contribution in [1.29, 1.82) is 0 Å². The molecule has 0 radical (unpaired) electrons. The van der Waals surface area contributed by atoms with E-state index in [0.29, 0.717) is 6.61 Å². The zero-order chi connectivity index (χ0) is 13.2. The Labute approximate surface area is 118 Å². The summed E-state index contributed by atoms with van der Waals surface area (Å²) in [6, 6.07) is 7.16. The van der Waals surface area contributed by atoms with Crippen molar-refractivity contribution < 1.29 is 13.9 Å². The number of benzene rings is 1. The first-order chi connectivity index (χ1) is 9.24. The van der Waals surface area contributed by atoms with Crippen molar-refractivity contribution in [1.82, 2.24) is 4.98 Å². The average Bonchev–Trinajstić information content (AvgIpc) is 2.85. The molecule has 5 heteroatoms. The number of aromatic nitrogens is 1. The highest BCUT2D eigenvalue weighted by Gasteiger charge is 2.18. The Morgan fingerprint density at radius 3 is 3.16 bits per heavy atom. The Kier molecular flexibility index (Phi) is 3.38. The van der Waals surface area contributed by atoms with Gasteiger partial charge < -0.3 is 9.47 Å². The van der Waals surface area contributed by atoms with Crippen molar-refractivity contribution >= 4 is 15.9 Å². The summed E-state index contributed by atoms with van der Waals surface area (Å²) in [7, 11) is 0. The van der Waals surface area contributed by atoms with E-state index in [1.54, 1.807) is 12.1 Å². The SMILES string of the molecule is Fc1ncccc1OCc1cc(Br)cc2c1OCC2. The summed E-state index contributed by atoms with van der Waals surface area (Å²) in [5, 5.41) is 0. The van der Waals surface area contributed by atoms with E-state index in [9.17, 15) is 4.39 Å². The van der Waals surface area contributed by atoms with Gasteiger partial charge in [0.1, 0.15) is 12.4 Å². The van der Waals surface area contributed by atoms with E-state index in [1.807, 2.05) is 12.1 Å². The van der Waals surface area contributed by atoms with Gasteiger partial charge in [0.2, 0.25) is 0 Å². The lowest BCUT2D eigenvalue weighted by Crippen LogP contribution is -2.00. The van der Waals surface area contributed by atoms with Crippen LogP contribution in [0, 0.1) is 5.95 Å². The molecule has 19 heavy (non-hydrogen) atoms. The second-order valence-electron chi connectivity index (χ2n) is 4.23. The number of hydrogen-bond donors (Lipinski definition) is 0. The second kappa shape index (κ2) is 5.17. The van der Waals surface area contributed by atoms with Crippen molar-refractivity contribution in [3.8, 4) is 11.5 Å². The van der Waals surface area contributed by atoms with Crippen LogP contribution in [-0.4, -0.2) is 11.6 Å². The first-order valence-corrected chi connectivity index (χ1v) is 6.71. The quantitative estimate of drug-likeness (QED) is 0.810. The van der Waals surface area contributed by atoms with E-state index in [4.69, 9.17) is 9.47 Å². The van der Waals surface area contributed by atoms with Crippen LogP contribution >= 0.6 is 15.9 Å². The van der Waals surface area contributed by atoms with Crippen molar-refractivity contribution in [2.45, 2.75) is 13.0 Å². The second-order valence-corrected chi connectivity index (χ2v) is 5.15. The normalized spacial score (nSPS) is 12.9. The van der Waals surface area contributed by atoms with Crippen LogP contribution in [0.15, 0.2) is 34.9 Å². The third-order valence-electron chi connectivity index (χ3n) is 2.93. The molecule has 0 N–H and O–H groups in total. The molecule has 0 spiro atoms. The van der Waals surface area contributed by atoms with Gasteiger partial charge in [-0.3, -0.25) is 0 Å². The van der Waals surface area contributed by atoms with E-state index in [-0.39, 0.29) is 12.4 Å². The minimum atomic E-state index is -0.602. The molecule has 1 aromatic carbocycles. The van der Waals surface area contributed by atoms with Crippen molar-refractivity contribution in [2.24, 2.45) is 0 Å². The molecule has 98 valence electrons. The molecular weight excluding hydrogens is 313 g/mol. The molecule has 1 aliphatic rings. The summed E-state index contributed by atoms with van der Waals surface area (Å²) in [5.41, 5.74) is 2.06. The molecule has 3 rings (SSSR count). The number of nitrogens with zero attached hydrogens (tertiary/aromatic N) is 1. The lowest BCUT2D eigenvalue weighted by atomic mass is 10.1. The summed E-state index contributed by atoms with van der Waals surface area (Å²) < 4.78 is 25.4. The van der Waals surface area contributed by atoms with Crippen LogP contribution in [0.5, 0.6) is 11.5 Å². The van der Waals surface area contributed by atoms with E-state index in [1.165, 1.54) is 6.20 Å². The smallest absolute Gasteiger partial charge is 0.255 e. The largest absolute Gasteiger partial charge is 0.493 e. The summed E-state index contributed by atoms with van der Waals surface area (Å²) in [4.78, 5) is 3.55. The van der Waals surface area contributed by atoms with Crippen LogP contribution in [0.3, 0.4) is 0 Å². The van der Waals surface area contributed by atoms with Gasteiger partial charge in [0.05, 0.1) is 6.61 Å². The zero-order valence-electron chi connectivity index (χ0n) is 10.0. The zero-order valence-corrected chi connectivity index (χ0v) is 11.6. The van der Waals surface area contributed by atoms with Gasteiger partial charge in [-0.15, -0.1) is 0 Å². The molecule has 1 aromatic heterocycles.